The Balaban J connectivity index is 2.35. The van der Waals surface area contributed by atoms with Gasteiger partial charge in [0.05, 0.1) is 11.6 Å². The molecule has 2 nitrogen and oxygen atoms in total. The quantitative estimate of drug-likeness (QED) is 0.605. The monoisotopic (exact) mass is 271 g/mol. The van der Waals surface area contributed by atoms with Crippen LogP contribution in [0.25, 0.3) is 0 Å². The van der Waals surface area contributed by atoms with Crippen molar-refractivity contribution in [2.75, 3.05) is 6.66 Å². The molecule has 0 aliphatic heterocycles. The largest absolute Gasteiger partial charge is 0.313 e. The molecule has 0 saturated heterocycles. The molecule has 2 aromatic rings. The number of benzene rings is 2. The van der Waals surface area contributed by atoms with E-state index >= 15 is 0 Å². The minimum atomic E-state index is -2.54. The highest BCUT2D eigenvalue weighted by atomic mass is 31.2. The van der Waals surface area contributed by atoms with Gasteiger partial charge in [0.15, 0.2) is 7.14 Å². The highest BCUT2D eigenvalue weighted by Crippen LogP contribution is 2.38. The molecule has 0 aliphatic rings. The van der Waals surface area contributed by atoms with E-state index in [1.165, 1.54) is 0 Å². The van der Waals surface area contributed by atoms with Gasteiger partial charge in [-0.25, -0.2) is 0 Å². The number of nitrogens with zero attached hydrogens (tertiary/aromatic N) is 1. The van der Waals surface area contributed by atoms with Gasteiger partial charge in [0.2, 0.25) is 0 Å². The van der Waals surface area contributed by atoms with Gasteiger partial charge < -0.3 is 4.57 Å². The van der Waals surface area contributed by atoms with Crippen molar-refractivity contribution < 1.29 is 4.57 Å². The number of hydrogen-bond donors (Lipinski definition) is 0. The molecule has 98 valence electrons. The second-order valence-corrected chi connectivity index (χ2v) is 7.54. The molecule has 0 amide bonds. The summed E-state index contributed by atoms with van der Waals surface area (Å²) in [5.41, 5.74) is 3.12. The van der Waals surface area contributed by atoms with Crippen molar-refractivity contribution in [3.63, 3.8) is 0 Å². The molecule has 0 heterocycles. The van der Waals surface area contributed by atoms with Gasteiger partial charge in [0.1, 0.15) is 0 Å². The summed E-state index contributed by atoms with van der Waals surface area (Å²) in [5, 5.41) is 0.838. The molecule has 2 aromatic carbocycles. The van der Waals surface area contributed by atoms with Crippen LogP contribution >= 0.6 is 7.14 Å². The number of aliphatic imine (C=N–C) groups is 1. The van der Waals surface area contributed by atoms with E-state index in [-0.39, 0.29) is 0 Å². The molecule has 1 atom stereocenters. The molecule has 0 aliphatic carbocycles. The zero-order valence-corrected chi connectivity index (χ0v) is 12.4. The maximum Gasteiger partial charge on any atom is 0.150 e. The Labute approximate surface area is 114 Å². The van der Waals surface area contributed by atoms with Crippen molar-refractivity contribution in [1.29, 1.82) is 0 Å². The van der Waals surface area contributed by atoms with Gasteiger partial charge >= 0.3 is 0 Å². The summed E-state index contributed by atoms with van der Waals surface area (Å²) in [6.45, 7) is 5.78. The van der Waals surface area contributed by atoms with E-state index in [9.17, 15) is 4.57 Å². The first-order valence-corrected chi connectivity index (χ1v) is 8.47. The lowest BCUT2D eigenvalue weighted by Gasteiger charge is -2.08. The van der Waals surface area contributed by atoms with Crippen LogP contribution in [0.2, 0.25) is 0 Å². The SMILES string of the molecule is Cc1cccc(C)c1N=CP(C)(=O)c1ccccc1. The van der Waals surface area contributed by atoms with Crippen LogP contribution in [-0.4, -0.2) is 12.6 Å². The molecule has 2 rings (SSSR count). The predicted octanol–water partition coefficient (Wildman–Crippen LogP) is 4.28. The van der Waals surface area contributed by atoms with Gasteiger partial charge in [0.25, 0.3) is 0 Å². The predicted molar refractivity (Wildman–Crippen MR) is 83.7 cm³/mol. The summed E-state index contributed by atoms with van der Waals surface area (Å²) >= 11 is 0. The average molecular weight is 271 g/mol. The molecule has 0 saturated carbocycles. The minimum Gasteiger partial charge on any atom is -0.313 e. The van der Waals surface area contributed by atoms with Crippen molar-refractivity contribution in [3.8, 4) is 0 Å². The van der Waals surface area contributed by atoms with Crippen molar-refractivity contribution >= 4 is 24.1 Å². The topological polar surface area (TPSA) is 29.4 Å². The van der Waals surface area contributed by atoms with E-state index in [0.29, 0.717) is 0 Å². The van der Waals surface area contributed by atoms with Gasteiger partial charge in [-0.3, -0.25) is 4.99 Å². The average Bonchev–Trinajstić information content (AvgIpc) is 2.39. The van der Waals surface area contributed by atoms with Gasteiger partial charge in [-0.15, -0.1) is 0 Å². The lowest BCUT2D eigenvalue weighted by molar-refractivity contribution is 0.592. The molecule has 3 heteroatoms. The van der Waals surface area contributed by atoms with Crippen molar-refractivity contribution in [2.45, 2.75) is 13.8 Å². The summed E-state index contributed by atoms with van der Waals surface area (Å²) in [4.78, 5) is 4.47. The highest BCUT2D eigenvalue weighted by molar-refractivity contribution is 7.84. The fourth-order valence-electron chi connectivity index (χ4n) is 1.97. The third-order valence-corrected chi connectivity index (χ3v) is 5.00. The Morgan fingerprint density at radius 1 is 0.947 bits per heavy atom. The molecular formula is C16H18NOP. The van der Waals surface area contributed by atoms with Crippen LogP contribution in [0.3, 0.4) is 0 Å². The molecule has 0 spiro atoms. The summed E-state index contributed by atoms with van der Waals surface area (Å²) < 4.78 is 12.7. The minimum absolute atomic E-state index is 0.838. The highest BCUT2D eigenvalue weighted by Gasteiger charge is 2.14. The van der Waals surface area contributed by atoms with Crippen LogP contribution in [0.5, 0.6) is 0 Å². The van der Waals surface area contributed by atoms with Crippen molar-refractivity contribution in [2.24, 2.45) is 4.99 Å². The Hall–Kier alpha value is -1.66. The third kappa shape index (κ3) is 3.21. The number of hydrogen-bond acceptors (Lipinski definition) is 2. The fourth-order valence-corrected chi connectivity index (χ4v) is 3.20. The Kier molecular flexibility index (Phi) is 4.01. The van der Waals surface area contributed by atoms with Crippen LogP contribution in [-0.2, 0) is 4.57 Å². The normalized spacial score (nSPS) is 14.5. The second-order valence-electron chi connectivity index (χ2n) is 4.81. The van der Waals surface area contributed by atoms with E-state index in [4.69, 9.17) is 0 Å². The van der Waals surface area contributed by atoms with Crippen LogP contribution in [0.4, 0.5) is 5.69 Å². The number of rotatable bonds is 3. The van der Waals surface area contributed by atoms with E-state index in [0.717, 1.165) is 22.1 Å². The van der Waals surface area contributed by atoms with Gasteiger partial charge in [0, 0.05) is 5.30 Å². The first-order chi connectivity index (χ1) is 9.00. The van der Waals surface area contributed by atoms with Gasteiger partial charge in [-0.1, -0.05) is 48.5 Å². The van der Waals surface area contributed by atoms with E-state index < -0.39 is 7.14 Å². The zero-order chi connectivity index (χ0) is 13.9. The van der Waals surface area contributed by atoms with Gasteiger partial charge in [-0.05, 0) is 31.6 Å². The zero-order valence-electron chi connectivity index (χ0n) is 11.5. The van der Waals surface area contributed by atoms with E-state index in [1.54, 1.807) is 12.6 Å². The third-order valence-electron chi connectivity index (χ3n) is 3.12. The molecule has 1 unspecified atom stereocenters. The Morgan fingerprint density at radius 2 is 1.53 bits per heavy atom. The first kappa shape index (κ1) is 13.8. The molecule has 0 bridgehead atoms. The van der Waals surface area contributed by atoms with E-state index in [2.05, 4.69) is 4.99 Å². The fraction of sp³-hybridized carbons (Fsp3) is 0.188. The van der Waals surface area contributed by atoms with Gasteiger partial charge in [-0.2, -0.15) is 0 Å². The maximum atomic E-state index is 12.7. The van der Waals surface area contributed by atoms with Crippen LogP contribution in [0.1, 0.15) is 11.1 Å². The first-order valence-electron chi connectivity index (χ1n) is 6.25. The standard InChI is InChI=1S/C16H18NOP/c1-13-8-7-9-14(2)16(13)17-12-19(3,18)15-10-5-4-6-11-15/h4-12H,1-3H3. The van der Waals surface area contributed by atoms with Crippen LogP contribution in [0.15, 0.2) is 53.5 Å². The van der Waals surface area contributed by atoms with Crippen molar-refractivity contribution in [1.82, 2.24) is 0 Å². The van der Waals surface area contributed by atoms with Crippen LogP contribution in [0, 0.1) is 13.8 Å². The van der Waals surface area contributed by atoms with Crippen molar-refractivity contribution in [3.05, 3.63) is 59.7 Å². The van der Waals surface area contributed by atoms with E-state index in [1.807, 2.05) is 62.4 Å². The number of para-hydroxylation sites is 1. The smallest absolute Gasteiger partial charge is 0.150 e. The molecule has 0 fully saturated rings. The lowest BCUT2D eigenvalue weighted by atomic mass is 10.1. The molecule has 0 radical (unpaired) electrons. The molecule has 0 aromatic heterocycles. The molecule has 0 N–H and O–H groups in total. The number of aryl methyl sites for hydroxylation is 2. The summed E-state index contributed by atoms with van der Waals surface area (Å²) in [6, 6.07) is 15.5. The molecular weight excluding hydrogens is 253 g/mol. The maximum absolute atomic E-state index is 12.7. The summed E-state index contributed by atoms with van der Waals surface area (Å²) in [7, 11) is -2.54. The van der Waals surface area contributed by atoms with Crippen LogP contribution < -0.4 is 5.30 Å². The Morgan fingerprint density at radius 3 is 2.11 bits per heavy atom. The summed E-state index contributed by atoms with van der Waals surface area (Å²) in [5.74, 6) is 1.61. The Bertz CT molecular complexity index is 627. The summed E-state index contributed by atoms with van der Waals surface area (Å²) in [6.07, 6.45) is 0. The molecule has 19 heavy (non-hydrogen) atoms. The lowest BCUT2D eigenvalue weighted by Crippen LogP contribution is -2.03. The second kappa shape index (κ2) is 5.54.